The standard InChI is InChI=1S/C13H18N4/c1-4-14-12(13-15-8-16-17-13)11-7-5-6-9(2)10(11)3/h5-8,12,14H,4H2,1-3H3,(H,15,16,17). The lowest BCUT2D eigenvalue weighted by Gasteiger charge is -2.19. The van der Waals surface area contributed by atoms with Crippen molar-refractivity contribution in [1.29, 1.82) is 0 Å². The number of rotatable bonds is 4. The van der Waals surface area contributed by atoms with Crippen LogP contribution in [0.15, 0.2) is 24.5 Å². The van der Waals surface area contributed by atoms with E-state index in [2.05, 4.69) is 59.5 Å². The van der Waals surface area contributed by atoms with Crippen molar-refractivity contribution in [2.45, 2.75) is 26.8 Å². The number of hydrogen-bond acceptors (Lipinski definition) is 3. The van der Waals surface area contributed by atoms with Gasteiger partial charge in [-0.25, -0.2) is 4.98 Å². The highest BCUT2D eigenvalue weighted by atomic mass is 15.2. The van der Waals surface area contributed by atoms with Gasteiger partial charge < -0.3 is 5.32 Å². The van der Waals surface area contributed by atoms with E-state index in [1.165, 1.54) is 16.7 Å². The average molecular weight is 230 g/mol. The van der Waals surface area contributed by atoms with E-state index >= 15 is 0 Å². The van der Waals surface area contributed by atoms with Crippen molar-refractivity contribution in [2.75, 3.05) is 6.54 Å². The van der Waals surface area contributed by atoms with Crippen LogP contribution in [0.3, 0.4) is 0 Å². The molecule has 2 N–H and O–H groups in total. The Kier molecular flexibility index (Phi) is 3.54. The highest BCUT2D eigenvalue weighted by Crippen LogP contribution is 2.23. The fraction of sp³-hybridized carbons (Fsp3) is 0.385. The molecule has 0 aliphatic carbocycles. The Morgan fingerprint density at radius 1 is 1.35 bits per heavy atom. The van der Waals surface area contributed by atoms with Crippen molar-refractivity contribution in [3.05, 3.63) is 47.0 Å². The van der Waals surface area contributed by atoms with Gasteiger partial charge in [-0.3, -0.25) is 5.10 Å². The van der Waals surface area contributed by atoms with Crippen molar-refractivity contribution < 1.29 is 0 Å². The third kappa shape index (κ3) is 2.36. The fourth-order valence-electron chi connectivity index (χ4n) is 2.00. The minimum Gasteiger partial charge on any atom is -0.304 e. The van der Waals surface area contributed by atoms with Crippen LogP contribution in [0.25, 0.3) is 0 Å². The lowest BCUT2D eigenvalue weighted by molar-refractivity contribution is 0.597. The van der Waals surface area contributed by atoms with Crippen LogP contribution < -0.4 is 5.32 Å². The summed E-state index contributed by atoms with van der Waals surface area (Å²) >= 11 is 0. The summed E-state index contributed by atoms with van der Waals surface area (Å²) in [6.07, 6.45) is 1.55. The van der Waals surface area contributed by atoms with Gasteiger partial charge in [-0.1, -0.05) is 25.1 Å². The van der Waals surface area contributed by atoms with E-state index in [-0.39, 0.29) is 6.04 Å². The Hall–Kier alpha value is -1.68. The molecule has 90 valence electrons. The number of aromatic nitrogens is 3. The highest BCUT2D eigenvalue weighted by Gasteiger charge is 2.18. The SMILES string of the molecule is CCNC(c1ncn[nH]1)c1cccc(C)c1C. The number of aromatic amines is 1. The van der Waals surface area contributed by atoms with Crippen molar-refractivity contribution in [1.82, 2.24) is 20.5 Å². The van der Waals surface area contributed by atoms with Crippen LogP contribution in [-0.2, 0) is 0 Å². The molecule has 0 saturated heterocycles. The molecule has 2 rings (SSSR count). The molecule has 1 atom stereocenters. The quantitative estimate of drug-likeness (QED) is 0.846. The molecule has 4 nitrogen and oxygen atoms in total. The van der Waals surface area contributed by atoms with E-state index in [0.29, 0.717) is 0 Å². The van der Waals surface area contributed by atoms with Crippen LogP contribution in [0.1, 0.15) is 35.5 Å². The molecule has 0 aliphatic rings. The fourth-order valence-corrected chi connectivity index (χ4v) is 2.00. The molecule has 0 amide bonds. The summed E-state index contributed by atoms with van der Waals surface area (Å²) < 4.78 is 0. The summed E-state index contributed by atoms with van der Waals surface area (Å²) in [7, 11) is 0. The Morgan fingerprint density at radius 2 is 2.18 bits per heavy atom. The number of nitrogens with zero attached hydrogens (tertiary/aromatic N) is 2. The summed E-state index contributed by atoms with van der Waals surface area (Å²) in [6.45, 7) is 7.25. The summed E-state index contributed by atoms with van der Waals surface area (Å²) in [6, 6.07) is 6.43. The molecule has 0 radical (unpaired) electrons. The van der Waals surface area contributed by atoms with Crippen LogP contribution in [0.5, 0.6) is 0 Å². The first-order valence-electron chi connectivity index (χ1n) is 5.88. The van der Waals surface area contributed by atoms with Gasteiger partial charge in [-0.2, -0.15) is 5.10 Å². The first-order chi connectivity index (χ1) is 8.24. The van der Waals surface area contributed by atoms with Crippen molar-refractivity contribution in [2.24, 2.45) is 0 Å². The van der Waals surface area contributed by atoms with Gasteiger partial charge in [0, 0.05) is 0 Å². The molecular weight excluding hydrogens is 212 g/mol. The summed E-state index contributed by atoms with van der Waals surface area (Å²) in [5, 5.41) is 10.3. The second-order valence-electron chi connectivity index (χ2n) is 4.15. The van der Waals surface area contributed by atoms with Gasteiger partial charge >= 0.3 is 0 Å². The second kappa shape index (κ2) is 5.10. The minimum absolute atomic E-state index is 0.0856. The topological polar surface area (TPSA) is 53.6 Å². The molecule has 1 aromatic carbocycles. The smallest absolute Gasteiger partial charge is 0.145 e. The highest BCUT2D eigenvalue weighted by molar-refractivity contribution is 5.37. The molecular formula is C13H18N4. The maximum absolute atomic E-state index is 4.25. The molecule has 0 bridgehead atoms. The molecule has 0 saturated carbocycles. The van der Waals surface area contributed by atoms with E-state index in [4.69, 9.17) is 0 Å². The minimum atomic E-state index is 0.0856. The molecule has 1 unspecified atom stereocenters. The zero-order valence-corrected chi connectivity index (χ0v) is 10.5. The Bertz CT molecular complexity index is 476. The van der Waals surface area contributed by atoms with Crippen LogP contribution >= 0.6 is 0 Å². The van der Waals surface area contributed by atoms with Gasteiger partial charge in [0.05, 0.1) is 6.04 Å². The zero-order valence-electron chi connectivity index (χ0n) is 10.5. The number of nitrogens with one attached hydrogen (secondary N) is 2. The van der Waals surface area contributed by atoms with Crippen LogP contribution in [0, 0.1) is 13.8 Å². The maximum Gasteiger partial charge on any atom is 0.145 e. The lowest BCUT2D eigenvalue weighted by Crippen LogP contribution is -2.24. The predicted molar refractivity (Wildman–Crippen MR) is 67.8 cm³/mol. The van der Waals surface area contributed by atoms with Gasteiger partial charge in [-0.05, 0) is 37.1 Å². The summed E-state index contributed by atoms with van der Waals surface area (Å²) in [5.74, 6) is 0.862. The Labute approximate surface area is 101 Å². The molecule has 1 aromatic heterocycles. The molecule has 2 aromatic rings. The lowest BCUT2D eigenvalue weighted by atomic mass is 9.97. The summed E-state index contributed by atoms with van der Waals surface area (Å²) in [4.78, 5) is 4.25. The van der Waals surface area contributed by atoms with E-state index in [0.717, 1.165) is 12.4 Å². The number of H-pyrrole nitrogens is 1. The third-order valence-electron chi connectivity index (χ3n) is 3.07. The number of hydrogen-bond donors (Lipinski definition) is 2. The first kappa shape index (κ1) is 11.8. The molecule has 0 aliphatic heterocycles. The Balaban J connectivity index is 2.43. The van der Waals surface area contributed by atoms with E-state index in [1.807, 2.05) is 0 Å². The second-order valence-corrected chi connectivity index (χ2v) is 4.15. The van der Waals surface area contributed by atoms with Gasteiger partial charge in [0.15, 0.2) is 0 Å². The predicted octanol–water partition coefficient (Wildman–Crippen LogP) is 2.12. The Morgan fingerprint density at radius 3 is 2.82 bits per heavy atom. The van der Waals surface area contributed by atoms with Crippen LogP contribution in [0.2, 0.25) is 0 Å². The van der Waals surface area contributed by atoms with Crippen molar-refractivity contribution in [3.63, 3.8) is 0 Å². The monoisotopic (exact) mass is 230 g/mol. The maximum atomic E-state index is 4.25. The van der Waals surface area contributed by atoms with Crippen molar-refractivity contribution >= 4 is 0 Å². The van der Waals surface area contributed by atoms with Gasteiger partial charge in [0.25, 0.3) is 0 Å². The van der Waals surface area contributed by atoms with E-state index in [1.54, 1.807) is 6.33 Å². The van der Waals surface area contributed by atoms with Gasteiger partial charge in [0.1, 0.15) is 12.2 Å². The molecule has 0 spiro atoms. The van der Waals surface area contributed by atoms with E-state index in [9.17, 15) is 0 Å². The number of aryl methyl sites for hydroxylation is 1. The average Bonchev–Trinajstić information content (AvgIpc) is 2.84. The largest absolute Gasteiger partial charge is 0.304 e. The molecule has 17 heavy (non-hydrogen) atoms. The zero-order chi connectivity index (χ0) is 12.3. The normalized spacial score (nSPS) is 12.6. The molecule has 4 heteroatoms. The van der Waals surface area contributed by atoms with Crippen LogP contribution in [0.4, 0.5) is 0 Å². The van der Waals surface area contributed by atoms with Gasteiger partial charge in [-0.15, -0.1) is 0 Å². The van der Waals surface area contributed by atoms with Crippen LogP contribution in [-0.4, -0.2) is 21.7 Å². The number of benzene rings is 1. The van der Waals surface area contributed by atoms with Gasteiger partial charge in [0.2, 0.25) is 0 Å². The molecule has 0 fully saturated rings. The summed E-state index contributed by atoms with van der Waals surface area (Å²) in [5.41, 5.74) is 3.85. The third-order valence-corrected chi connectivity index (χ3v) is 3.07. The van der Waals surface area contributed by atoms with Crippen molar-refractivity contribution in [3.8, 4) is 0 Å². The molecule has 1 heterocycles. The van der Waals surface area contributed by atoms with E-state index < -0.39 is 0 Å². The first-order valence-corrected chi connectivity index (χ1v) is 5.88.